The van der Waals surface area contributed by atoms with Crippen LogP contribution in [0.25, 0.3) is 0 Å². The molecule has 1 aromatic rings. The highest BCUT2D eigenvalue weighted by molar-refractivity contribution is 5.41. The lowest BCUT2D eigenvalue weighted by atomic mass is 10.1. The maximum atomic E-state index is 8.83. The number of likely N-dealkylation sites (tertiary alicyclic amines) is 1. The smallest absolute Gasteiger partial charge is 0.104 e. The molecule has 1 saturated heterocycles. The molecule has 0 aliphatic carbocycles. The van der Waals surface area contributed by atoms with Crippen molar-refractivity contribution in [2.24, 2.45) is 0 Å². The van der Waals surface area contributed by atoms with E-state index in [0.717, 1.165) is 18.7 Å². The zero-order valence-corrected chi connectivity index (χ0v) is 12.5. The Hall–Kier alpha value is -1.34. The lowest BCUT2D eigenvalue weighted by Crippen LogP contribution is -2.36. The molecular weight excluding hydrogens is 248 g/mol. The van der Waals surface area contributed by atoms with Gasteiger partial charge in [-0.1, -0.05) is 30.0 Å². The Morgan fingerprint density at radius 1 is 1.40 bits per heavy atom. The number of nitrogens with zero attached hydrogens (tertiary/aromatic N) is 2. The van der Waals surface area contributed by atoms with Gasteiger partial charge in [-0.3, -0.25) is 0 Å². The number of aliphatic hydroxyl groups excluding tert-OH is 1. The third-order valence-corrected chi connectivity index (χ3v) is 3.95. The second-order valence-electron chi connectivity index (χ2n) is 5.59. The molecule has 1 heterocycles. The molecule has 3 nitrogen and oxygen atoms in total. The first-order valence-corrected chi connectivity index (χ1v) is 7.27. The van der Waals surface area contributed by atoms with E-state index in [1.807, 2.05) is 12.1 Å². The van der Waals surface area contributed by atoms with Crippen LogP contribution in [0, 0.1) is 11.8 Å². The molecule has 20 heavy (non-hydrogen) atoms. The van der Waals surface area contributed by atoms with E-state index in [-0.39, 0.29) is 6.61 Å². The average Bonchev–Trinajstić information content (AvgIpc) is 2.83. The Morgan fingerprint density at radius 2 is 2.20 bits per heavy atom. The minimum Gasteiger partial charge on any atom is -0.384 e. The number of rotatable bonds is 4. The summed E-state index contributed by atoms with van der Waals surface area (Å²) in [6, 6.07) is 8.87. The van der Waals surface area contributed by atoms with Gasteiger partial charge in [0.25, 0.3) is 0 Å². The van der Waals surface area contributed by atoms with Crippen LogP contribution in [0.3, 0.4) is 0 Å². The highest BCUT2D eigenvalue weighted by Crippen LogP contribution is 2.17. The van der Waals surface area contributed by atoms with Gasteiger partial charge in [0, 0.05) is 24.7 Å². The summed E-state index contributed by atoms with van der Waals surface area (Å²) >= 11 is 0. The lowest BCUT2D eigenvalue weighted by molar-refractivity contribution is 0.215. The van der Waals surface area contributed by atoms with Crippen LogP contribution < -0.4 is 0 Å². The number of benzene rings is 1. The summed E-state index contributed by atoms with van der Waals surface area (Å²) in [6.07, 6.45) is 2.61. The van der Waals surface area contributed by atoms with E-state index in [9.17, 15) is 0 Å². The fourth-order valence-corrected chi connectivity index (χ4v) is 2.84. The summed E-state index contributed by atoms with van der Waals surface area (Å²) in [5, 5.41) is 8.83. The van der Waals surface area contributed by atoms with E-state index >= 15 is 0 Å². The van der Waals surface area contributed by atoms with Gasteiger partial charge in [0.2, 0.25) is 0 Å². The van der Waals surface area contributed by atoms with Crippen molar-refractivity contribution in [2.45, 2.75) is 25.4 Å². The Morgan fingerprint density at radius 3 is 2.90 bits per heavy atom. The molecule has 0 spiro atoms. The van der Waals surface area contributed by atoms with Crippen molar-refractivity contribution in [3.63, 3.8) is 0 Å². The fraction of sp³-hybridized carbons (Fsp3) is 0.529. The van der Waals surface area contributed by atoms with Crippen LogP contribution in [-0.2, 0) is 6.54 Å². The van der Waals surface area contributed by atoms with E-state index in [4.69, 9.17) is 5.11 Å². The maximum absolute atomic E-state index is 8.83. The van der Waals surface area contributed by atoms with Crippen LogP contribution in [0.1, 0.15) is 24.0 Å². The predicted octanol–water partition coefficient (Wildman–Crippen LogP) is 1.56. The molecular formula is C17H24N2O. The molecule has 0 amide bonds. The monoisotopic (exact) mass is 272 g/mol. The highest BCUT2D eigenvalue weighted by atomic mass is 16.2. The first kappa shape index (κ1) is 15.1. The third kappa shape index (κ3) is 4.08. The van der Waals surface area contributed by atoms with Crippen LogP contribution in [0.4, 0.5) is 0 Å². The van der Waals surface area contributed by atoms with Crippen molar-refractivity contribution >= 4 is 0 Å². The molecule has 1 atom stereocenters. The standard InChI is InChI=1S/C17H24N2O/c1-18(14-17-10-5-11-19(17)2)13-16-8-4-3-7-15(16)9-6-12-20/h3-4,7-8,17,20H,5,10-14H2,1-2H3. The number of hydrogen-bond acceptors (Lipinski definition) is 3. The fourth-order valence-electron chi connectivity index (χ4n) is 2.84. The largest absolute Gasteiger partial charge is 0.384 e. The van der Waals surface area contributed by atoms with Gasteiger partial charge in [0.05, 0.1) is 0 Å². The molecule has 1 aliphatic rings. The molecule has 0 bridgehead atoms. The molecule has 1 aliphatic heterocycles. The Kier molecular flexibility index (Phi) is 5.60. The number of likely N-dealkylation sites (N-methyl/N-ethyl adjacent to an activating group) is 2. The molecule has 1 unspecified atom stereocenters. The van der Waals surface area contributed by atoms with E-state index in [1.54, 1.807) is 0 Å². The van der Waals surface area contributed by atoms with Crippen molar-refractivity contribution in [1.82, 2.24) is 9.80 Å². The van der Waals surface area contributed by atoms with Crippen LogP contribution in [-0.4, -0.2) is 54.7 Å². The molecule has 0 radical (unpaired) electrons. The molecule has 1 aromatic carbocycles. The molecule has 2 rings (SSSR count). The lowest BCUT2D eigenvalue weighted by Gasteiger charge is -2.26. The van der Waals surface area contributed by atoms with Crippen LogP contribution in [0.2, 0.25) is 0 Å². The summed E-state index contributed by atoms with van der Waals surface area (Å²) in [7, 11) is 4.38. The van der Waals surface area contributed by atoms with E-state index in [0.29, 0.717) is 6.04 Å². The second kappa shape index (κ2) is 7.44. The van der Waals surface area contributed by atoms with Crippen LogP contribution >= 0.6 is 0 Å². The second-order valence-corrected chi connectivity index (χ2v) is 5.59. The van der Waals surface area contributed by atoms with Crippen LogP contribution in [0.15, 0.2) is 24.3 Å². The van der Waals surface area contributed by atoms with Gasteiger partial charge < -0.3 is 14.9 Å². The highest BCUT2D eigenvalue weighted by Gasteiger charge is 2.22. The summed E-state index contributed by atoms with van der Waals surface area (Å²) < 4.78 is 0. The molecule has 0 aromatic heterocycles. The molecule has 1 N–H and O–H groups in total. The van der Waals surface area contributed by atoms with E-state index in [1.165, 1.54) is 24.9 Å². The Labute approximate surface area is 122 Å². The SMILES string of the molecule is CN(Cc1ccccc1C#CCO)CC1CCCN1C. The van der Waals surface area contributed by atoms with Gasteiger partial charge in [-0.2, -0.15) is 0 Å². The van der Waals surface area contributed by atoms with Crippen molar-refractivity contribution in [1.29, 1.82) is 0 Å². The molecule has 0 saturated carbocycles. The third-order valence-electron chi connectivity index (χ3n) is 3.95. The molecule has 3 heteroatoms. The minimum absolute atomic E-state index is 0.0863. The topological polar surface area (TPSA) is 26.7 Å². The first-order chi connectivity index (χ1) is 9.70. The summed E-state index contributed by atoms with van der Waals surface area (Å²) in [5.41, 5.74) is 2.25. The number of hydrogen-bond donors (Lipinski definition) is 1. The van der Waals surface area contributed by atoms with Gasteiger partial charge >= 0.3 is 0 Å². The van der Waals surface area contributed by atoms with E-state index < -0.39 is 0 Å². The van der Waals surface area contributed by atoms with Crippen molar-refractivity contribution < 1.29 is 5.11 Å². The average molecular weight is 272 g/mol. The zero-order valence-electron chi connectivity index (χ0n) is 12.5. The molecule has 1 fully saturated rings. The predicted molar refractivity (Wildman–Crippen MR) is 82.4 cm³/mol. The summed E-state index contributed by atoms with van der Waals surface area (Å²) in [6.45, 7) is 3.13. The summed E-state index contributed by atoms with van der Waals surface area (Å²) in [4.78, 5) is 4.82. The first-order valence-electron chi connectivity index (χ1n) is 7.27. The zero-order chi connectivity index (χ0) is 14.4. The normalized spacial score (nSPS) is 19.1. The minimum atomic E-state index is -0.0863. The Balaban J connectivity index is 1.98. The van der Waals surface area contributed by atoms with Crippen molar-refractivity contribution in [2.75, 3.05) is 33.8 Å². The molecule has 108 valence electrons. The number of aliphatic hydroxyl groups is 1. The quantitative estimate of drug-likeness (QED) is 0.843. The Bertz CT molecular complexity index is 489. The van der Waals surface area contributed by atoms with Gasteiger partial charge in [-0.25, -0.2) is 0 Å². The van der Waals surface area contributed by atoms with Crippen molar-refractivity contribution in [3.8, 4) is 11.8 Å². The van der Waals surface area contributed by atoms with Gasteiger partial charge in [-0.15, -0.1) is 0 Å². The maximum Gasteiger partial charge on any atom is 0.104 e. The van der Waals surface area contributed by atoms with Gasteiger partial charge in [-0.05, 0) is 45.1 Å². The van der Waals surface area contributed by atoms with E-state index in [2.05, 4.69) is 47.9 Å². The van der Waals surface area contributed by atoms with Gasteiger partial charge in [0.1, 0.15) is 6.61 Å². The van der Waals surface area contributed by atoms with Gasteiger partial charge in [0.15, 0.2) is 0 Å². The van der Waals surface area contributed by atoms with Crippen molar-refractivity contribution in [3.05, 3.63) is 35.4 Å². The van der Waals surface area contributed by atoms with Crippen LogP contribution in [0.5, 0.6) is 0 Å². The summed E-state index contributed by atoms with van der Waals surface area (Å²) in [5.74, 6) is 5.77.